The van der Waals surface area contributed by atoms with Gasteiger partial charge in [-0.15, -0.1) is 0 Å². The van der Waals surface area contributed by atoms with Gasteiger partial charge >= 0.3 is 0 Å². The Morgan fingerprint density at radius 3 is 2.67 bits per heavy atom. The molecule has 0 fully saturated rings. The van der Waals surface area contributed by atoms with Crippen LogP contribution in [0.2, 0.25) is 5.28 Å². The molecule has 6 nitrogen and oxygen atoms in total. The molecule has 1 aliphatic heterocycles. The predicted molar refractivity (Wildman–Crippen MR) is 78.1 cm³/mol. The minimum Gasteiger partial charge on any atom is -0.491 e. The largest absolute Gasteiger partial charge is 0.491 e. The topological polar surface area (TPSA) is 72.4 Å². The fraction of sp³-hybridized carbons (Fsp3) is 0.231. The molecule has 0 amide bonds. The van der Waals surface area contributed by atoms with Gasteiger partial charge in [0.2, 0.25) is 5.28 Å². The van der Waals surface area contributed by atoms with Gasteiger partial charge in [0.25, 0.3) is 10.0 Å². The monoisotopic (exact) mass is 325 g/mol. The van der Waals surface area contributed by atoms with Crippen molar-refractivity contribution in [1.29, 1.82) is 0 Å². The summed E-state index contributed by atoms with van der Waals surface area (Å²) >= 11 is 5.60. The van der Waals surface area contributed by atoms with E-state index in [4.69, 9.17) is 16.3 Å². The summed E-state index contributed by atoms with van der Waals surface area (Å²) in [5.41, 5.74) is 0.518. The van der Waals surface area contributed by atoms with Crippen LogP contribution in [0.15, 0.2) is 41.6 Å². The van der Waals surface area contributed by atoms with Crippen LogP contribution in [0.4, 0.5) is 5.69 Å². The SMILES string of the molecule is O=S(=O)(c1cnc(Cl)nc1)N1CCCOc2ccccc21. The first kappa shape index (κ1) is 14.1. The van der Waals surface area contributed by atoms with Crippen molar-refractivity contribution in [2.24, 2.45) is 0 Å². The van der Waals surface area contributed by atoms with Gasteiger partial charge in [-0.05, 0) is 23.7 Å². The normalized spacial score (nSPS) is 15.0. The van der Waals surface area contributed by atoms with Crippen LogP contribution < -0.4 is 9.04 Å². The van der Waals surface area contributed by atoms with E-state index < -0.39 is 10.0 Å². The second-order valence-corrected chi connectivity index (χ2v) is 6.64. The zero-order valence-electron chi connectivity index (χ0n) is 10.9. The highest BCUT2D eigenvalue weighted by atomic mass is 35.5. The average molecular weight is 326 g/mol. The van der Waals surface area contributed by atoms with E-state index in [1.807, 2.05) is 0 Å². The number of aromatic nitrogens is 2. The Hall–Kier alpha value is -1.86. The van der Waals surface area contributed by atoms with Crippen LogP contribution >= 0.6 is 11.6 Å². The van der Waals surface area contributed by atoms with Crippen molar-refractivity contribution in [3.8, 4) is 5.75 Å². The van der Waals surface area contributed by atoms with Crippen molar-refractivity contribution in [1.82, 2.24) is 9.97 Å². The molecule has 0 unspecified atom stereocenters. The lowest BCUT2D eigenvalue weighted by molar-refractivity contribution is 0.322. The number of hydrogen-bond acceptors (Lipinski definition) is 5. The number of para-hydroxylation sites is 2. The number of sulfonamides is 1. The van der Waals surface area contributed by atoms with Gasteiger partial charge in [0.05, 0.1) is 24.7 Å². The van der Waals surface area contributed by atoms with Crippen LogP contribution in [0.25, 0.3) is 0 Å². The maximum absolute atomic E-state index is 12.8. The van der Waals surface area contributed by atoms with Crippen molar-refractivity contribution in [2.75, 3.05) is 17.5 Å². The van der Waals surface area contributed by atoms with Gasteiger partial charge in [-0.3, -0.25) is 4.31 Å². The van der Waals surface area contributed by atoms with Gasteiger partial charge in [0, 0.05) is 13.0 Å². The third kappa shape index (κ3) is 2.66. The summed E-state index contributed by atoms with van der Waals surface area (Å²) in [5.74, 6) is 0.549. The van der Waals surface area contributed by atoms with Crippen LogP contribution in [-0.4, -0.2) is 31.5 Å². The van der Waals surface area contributed by atoms with Crippen molar-refractivity contribution in [3.05, 3.63) is 41.9 Å². The number of nitrogens with zero attached hydrogens (tertiary/aromatic N) is 3. The number of benzene rings is 1. The van der Waals surface area contributed by atoms with Crippen molar-refractivity contribution >= 4 is 27.3 Å². The standard InChI is InChI=1S/C13H12ClN3O3S/c14-13-15-8-10(9-16-13)21(18,19)17-6-3-7-20-12-5-2-1-4-11(12)17/h1-2,4-5,8-9H,3,6-7H2. The molecular weight excluding hydrogens is 314 g/mol. The maximum atomic E-state index is 12.8. The third-order valence-electron chi connectivity index (χ3n) is 3.08. The number of rotatable bonds is 2. The zero-order chi connectivity index (χ0) is 14.9. The van der Waals surface area contributed by atoms with E-state index in [9.17, 15) is 8.42 Å². The molecular formula is C13H12ClN3O3S. The molecule has 0 spiro atoms. The van der Waals surface area contributed by atoms with Crippen LogP contribution in [0.3, 0.4) is 0 Å². The molecule has 0 saturated heterocycles. The Morgan fingerprint density at radius 1 is 1.19 bits per heavy atom. The zero-order valence-corrected chi connectivity index (χ0v) is 12.5. The van der Waals surface area contributed by atoms with Gasteiger partial charge in [0.1, 0.15) is 10.6 Å². The smallest absolute Gasteiger partial charge is 0.267 e. The third-order valence-corrected chi connectivity index (χ3v) is 5.04. The molecule has 8 heteroatoms. The molecule has 0 radical (unpaired) electrons. The van der Waals surface area contributed by atoms with Crippen LogP contribution in [0.5, 0.6) is 5.75 Å². The number of hydrogen-bond donors (Lipinski definition) is 0. The summed E-state index contributed by atoms with van der Waals surface area (Å²) in [6, 6.07) is 7.05. The molecule has 0 aliphatic carbocycles. The highest BCUT2D eigenvalue weighted by Gasteiger charge is 2.29. The van der Waals surface area contributed by atoms with E-state index in [1.165, 1.54) is 16.7 Å². The minimum absolute atomic E-state index is 0.00334. The molecule has 0 N–H and O–H groups in total. The number of anilines is 1. The van der Waals surface area contributed by atoms with Gasteiger partial charge in [-0.25, -0.2) is 18.4 Å². The van der Waals surface area contributed by atoms with Crippen LogP contribution in [0.1, 0.15) is 6.42 Å². The lowest BCUT2D eigenvalue weighted by Gasteiger charge is -2.23. The maximum Gasteiger partial charge on any atom is 0.267 e. The minimum atomic E-state index is -3.75. The molecule has 1 aromatic carbocycles. The highest BCUT2D eigenvalue weighted by molar-refractivity contribution is 7.92. The summed E-state index contributed by atoms with van der Waals surface area (Å²) in [7, 11) is -3.75. The van der Waals surface area contributed by atoms with Crippen LogP contribution in [0, 0.1) is 0 Å². The first-order valence-corrected chi connectivity index (χ1v) is 8.13. The van der Waals surface area contributed by atoms with Crippen molar-refractivity contribution in [2.45, 2.75) is 11.3 Å². The van der Waals surface area contributed by atoms with Crippen molar-refractivity contribution < 1.29 is 13.2 Å². The van der Waals surface area contributed by atoms with Crippen LogP contribution in [-0.2, 0) is 10.0 Å². The Kier molecular flexibility index (Phi) is 3.69. The summed E-state index contributed by atoms with van der Waals surface area (Å²) < 4.78 is 32.4. The number of ether oxygens (including phenoxy) is 1. The number of fused-ring (bicyclic) bond motifs is 1. The summed E-state index contributed by atoms with van der Waals surface area (Å²) in [5, 5.41) is 0.00792. The van der Waals surface area contributed by atoms with E-state index >= 15 is 0 Å². The van der Waals surface area contributed by atoms with E-state index in [0.717, 1.165) is 0 Å². The molecule has 21 heavy (non-hydrogen) atoms. The van der Waals surface area contributed by atoms with Gasteiger partial charge in [-0.2, -0.15) is 0 Å². The van der Waals surface area contributed by atoms with E-state index in [-0.39, 0.29) is 10.2 Å². The molecule has 1 aromatic heterocycles. The first-order valence-electron chi connectivity index (χ1n) is 6.31. The Balaban J connectivity index is 2.08. The summed E-state index contributed by atoms with van der Waals surface area (Å²) in [6.07, 6.45) is 3.01. The second-order valence-electron chi connectivity index (χ2n) is 4.43. The summed E-state index contributed by atoms with van der Waals surface area (Å²) in [4.78, 5) is 7.48. The Morgan fingerprint density at radius 2 is 1.90 bits per heavy atom. The molecule has 0 saturated carbocycles. The molecule has 0 atom stereocenters. The molecule has 0 bridgehead atoms. The molecule has 110 valence electrons. The predicted octanol–water partition coefficient (Wildman–Crippen LogP) is 2.11. The fourth-order valence-corrected chi connectivity index (χ4v) is 3.61. The van der Waals surface area contributed by atoms with Gasteiger partial charge < -0.3 is 4.74 Å². The molecule has 1 aliphatic rings. The second kappa shape index (κ2) is 5.50. The highest BCUT2D eigenvalue weighted by Crippen LogP contribution is 2.34. The molecule has 2 aromatic rings. The van der Waals surface area contributed by atoms with Gasteiger partial charge in [-0.1, -0.05) is 12.1 Å². The first-order chi connectivity index (χ1) is 10.1. The van der Waals surface area contributed by atoms with Gasteiger partial charge in [0.15, 0.2) is 0 Å². The Bertz CT molecular complexity index is 750. The van der Waals surface area contributed by atoms with E-state index in [0.29, 0.717) is 31.0 Å². The molecule has 2 heterocycles. The van der Waals surface area contributed by atoms with E-state index in [1.54, 1.807) is 24.3 Å². The number of halogens is 1. The van der Waals surface area contributed by atoms with E-state index in [2.05, 4.69) is 9.97 Å². The lowest BCUT2D eigenvalue weighted by Crippen LogP contribution is -2.31. The fourth-order valence-electron chi connectivity index (χ4n) is 2.11. The Labute approximate surface area is 127 Å². The molecule has 3 rings (SSSR count). The average Bonchev–Trinajstić information content (AvgIpc) is 2.70. The lowest BCUT2D eigenvalue weighted by atomic mass is 10.3. The quantitative estimate of drug-likeness (QED) is 0.791. The summed E-state index contributed by atoms with van der Waals surface area (Å²) in [6.45, 7) is 0.808. The van der Waals surface area contributed by atoms with Crippen molar-refractivity contribution in [3.63, 3.8) is 0 Å².